The van der Waals surface area contributed by atoms with Crippen LogP contribution in [-0.2, 0) is 0 Å². The number of benzene rings is 1. The van der Waals surface area contributed by atoms with Crippen LogP contribution in [0, 0.1) is 0 Å². The van der Waals surface area contributed by atoms with Gasteiger partial charge in [0.2, 0.25) is 5.62 Å². The van der Waals surface area contributed by atoms with E-state index >= 15 is 0 Å². The van der Waals surface area contributed by atoms with Gasteiger partial charge in [-0.15, -0.1) is 0 Å². The topological polar surface area (TPSA) is 39.4 Å². The highest BCUT2D eigenvalue weighted by molar-refractivity contribution is 5.55. The van der Waals surface area contributed by atoms with Crippen LogP contribution in [-0.4, -0.2) is 16.7 Å². The Hall–Kier alpha value is -2.62. The van der Waals surface area contributed by atoms with Gasteiger partial charge in [-0.05, 0) is 50.2 Å². The summed E-state index contributed by atoms with van der Waals surface area (Å²) in [6, 6.07) is 18.1. The van der Waals surface area contributed by atoms with Crippen LogP contribution in [0.5, 0.6) is 5.75 Å². The highest BCUT2D eigenvalue weighted by atomic mass is 16.5. The lowest BCUT2D eigenvalue weighted by Crippen LogP contribution is -2.20. The van der Waals surface area contributed by atoms with Gasteiger partial charge in [0.25, 0.3) is 0 Å². The molecule has 4 nitrogen and oxygen atoms in total. The van der Waals surface area contributed by atoms with E-state index in [9.17, 15) is 0 Å². The molecule has 0 atom stereocenters. The van der Waals surface area contributed by atoms with Crippen molar-refractivity contribution in [1.29, 1.82) is 0 Å². The Morgan fingerprint density at radius 2 is 1.73 bits per heavy atom. The van der Waals surface area contributed by atoms with E-state index in [1.54, 1.807) is 7.11 Å². The van der Waals surface area contributed by atoms with Crippen molar-refractivity contribution >= 4 is 5.69 Å². The van der Waals surface area contributed by atoms with Crippen LogP contribution >= 0.6 is 0 Å². The molecular formula is C18H19N3O. The molecule has 2 aliphatic rings. The van der Waals surface area contributed by atoms with Crippen molar-refractivity contribution in [2.75, 3.05) is 7.11 Å². The van der Waals surface area contributed by atoms with Crippen molar-refractivity contribution in [1.82, 2.24) is 9.55 Å². The summed E-state index contributed by atoms with van der Waals surface area (Å²) < 4.78 is 7.33. The number of fused-ring (bicyclic) bond motifs is 1. The first-order chi connectivity index (χ1) is 10.7. The first kappa shape index (κ1) is 14.3. The van der Waals surface area contributed by atoms with E-state index in [-0.39, 0.29) is 6.04 Å². The zero-order valence-electron chi connectivity index (χ0n) is 13.0. The predicted octanol–water partition coefficient (Wildman–Crippen LogP) is 3.81. The van der Waals surface area contributed by atoms with Gasteiger partial charge in [-0.25, -0.2) is 9.98 Å². The van der Waals surface area contributed by atoms with Crippen molar-refractivity contribution in [2.45, 2.75) is 19.9 Å². The number of hydrogen-bond acceptors (Lipinski definition) is 3. The van der Waals surface area contributed by atoms with Gasteiger partial charge in [-0.2, -0.15) is 0 Å². The normalized spacial score (nSPS) is 12.1. The average molecular weight is 293 g/mol. The number of ether oxygens (including phenoxy) is 1. The maximum atomic E-state index is 5.18. The summed E-state index contributed by atoms with van der Waals surface area (Å²) in [4.78, 5) is 9.37. The number of aromatic nitrogens is 2. The highest BCUT2D eigenvalue weighted by Crippen LogP contribution is 2.21. The maximum Gasteiger partial charge on any atom is 0.231 e. The van der Waals surface area contributed by atoms with Gasteiger partial charge in [-0.1, -0.05) is 18.2 Å². The number of nitrogens with zero attached hydrogens (tertiary/aromatic N) is 3. The Labute approximate surface area is 130 Å². The van der Waals surface area contributed by atoms with Crippen LogP contribution in [0.3, 0.4) is 0 Å². The second-order valence-corrected chi connectivity index (χ2v) is 5.37. The standard InChI is InChI=1S/C18H19N3O/c1-13(2)21-17-8-6-4-5-7-16(17)20-18(21)19-14-9-11-15(22-3)12-10-14/h4-13H,1-3H3. The zero-order chi connectivity index (χ0) is 15.5. The Bertz CT molecular complexity index is 803. The third-order valence-electron chi connectivity index (χ3n) is 3.51. The van der Waals surface area contributed by atoms with Gasteiger partial charge < -0.3 is 9.30 Å². The van der Waals surface area contributed by atoms with E-state index in [4.69, 9.17) is 9.73 Å². The fourth-order valence-corrected chi connectivity index (χ4v) is 2.46. The quantitative estimate of drug-likeness (QED) is 0.736. The van der Waals surface area contributed by atoms with Crippen molar-refractivity contribution in [2.24, 2.45) is 4.99 Å². The van der Waals surface area contributed by atoms with Gasteiger partial charge in [0.1, 0.15) is 5.75 Å². The largest absolute Gasteiger partial charge is 0.497 e. The summed E-state index contributed by atoms with van der Waals surface area (Å²) in [5.74, 6) is 0.823. The number of rotatable bonds is 3. The molecule has 0 unspecified atom stereocenters. The maximum absolute atomic E-state index is 5.18. The molecule has 3 rings (SSSR count). The number of imidazole rings is 1. The fraction of sp³-hybridized carbons (Fsp3) is 0.222. The van der Waals surface area contributed by atoms with E-state index in [2.05, 4.69) is 29.5 Å². The molecule has 1 aliphatic carbocycles. The molecule has 22 heavy (non-hydrogen) atoms. The Morgan fingerprint density at radius 1 is 1.00 bits per heavy atom. The Morgan fingerprint density at radius 3 is 2.41 bits per heavy atom. The number of methoxy groups -OCH3 is 1. The molecule has 1 aliphatic heterocycles. The zero-order valence-corrected chi connectivity index (χ0v) is 13.0. The van der Waals surface area contributed by atoms with Gasteiger partial charge in [0.15, 0.2) is 0 Å². The molecule has 0 bridgehead atoms. The molecule has 1 aromatic carbocycles. The van der Waals surface area contributed by atoms with E-state index < -0.39 is 0 Å². The predicted molar refractivity (Wildman–Crippen MR) is 87.5 cm³/mol. The van der Waals surface area contributed by atoms with Crippen LogP contribution in [0.15, 0.2) is 59.6 Å². The lowest BCUT2D eigenvalue weighted by Gasteiger charge is -2.09. The van der Waals surface area contributed by atoms with Gasteiger partial charge in [0, 0.05) is 6.04 Å². The van der Waals surface area contributed by atoms with E-state index in [0.29, 0.717) is 0 Å². The summed E-state index contributed by atoms with van der Waals surface area (Å²) in [6.07, 6.45) is 0. The monoisotopic (exact) mass is 293 g/mol. The van der Waals surface area contributed by atoms with Gasteiger partial charge in [0.05, 0.1) is 24.2 Å². The third-order valence-corrected chi connectivity index (χ3v) is 3.51. The molecule has 112 valence electrons. The minimum atomic E-state index is 0.282. The van der Waals surface area contributed by atoms with Crippen LogP contribution in [0.4, 0.5) is 5.69 Å². The molecule has 1 heterocycles. The summed E-state index contributed by atoms with van der Waals surface area (Å²) >= 11 is 0. The Balaban J connectivity index is 2.18. The molecule has 1 aromatic rings. The molecule has 0 saturated carbocycles. The molecule has 0 spiro atoms. The second kappa shape index (κ2) is 6.02. The molecule has 0 fully saturated rings. The lowest BCUT2D eigenvalue weighted by atomic mass is 10.3. The van der Waals surface area contributed by atoms with Crippen LogP contribution in [0.1, 0.15) is 19.9 Å². The molecule has 0 N–H and O–H groups in total. The first-order valence-corrected chi connectivity index (χ1v) is 7.35. The molecule has 0 aromatic heterocycles. The van der Waals surface area contributed by atoms with Gasteiger partial charge in [-0.3, -0.25) is 0 Å². The Kier molecular flexibility index (Phi) is 3.92. The van der Waals surface area contributed by atoms with Crippen molar-refractivity contribution in [3.8, 4) is 17.1 Å². The SMILES string of the molecule is COc1ccc(N=c2nc3cccccc-3n2C(C)C)cc1. The molecule has 4 heteroatoms. The van der Waals surface area contributed by atoms with Crippen LogP contribution < -0.4 is 10.4 Å². The number of hydrogen-bond donors (Lipinski definition) is 0. The van der Waals surface area contributed by atoms with E-state index in [1.807, 2.05) is 48.5 Å². The molecule has 0 amide bonds. The molecular weight excluding hydrogens is 274 g/mol. The van der Waals surface area contributed by atoms with E-state index in [1.165, 1.54) is 0 Å². The summed E-state index contributed by atoms with van der Waals surface area (Å²) in [7, 11) is 1.66. The molecule has 0 saturated heterocycles. The fourth-order valence-electron chi connectivity index (χ4n) is 2.46. The van der Waals surface area contributed by atoms with Crippen molar-refractivity contribution < 1.29 is 4.74 Å². The summed E-state index contributed by atoms with van der Waals surface area (Å²) in [5.41, 5.74) is 3.63. The molecule has 0 radical (unpaired) electrons. The smallest absolute Gasteiger partial charge is 0.231 e. The van der Waals surface area contributed by atoms with Gasteiger partial charge >= 0.3 is 0 Å². The van der Waals surface area contributed by atoms with E-state index in [0.717, 1.165) is 28.4 Å². The second-order valence-electron chi connectivity index (χ2n) is 5.37. The highest BCUT2D eigenvalue weighted by Gasteiger charge is 2.13. The summed E-state index contributed by atoms with van der Waals surface area (Å²) in [5, 5.41) is 0. The van der Waals surface area contributed by atoms with Crippen LogP contribution in [0.2, 0.25) is 0 Å². The lowest BCUT2D eigenvalue weighted by molar-refractivity contribution is 0.415. The minimum absolute atomic E-state index is 0.282. The van der Waals surface area contributed by atoms with Crippen molar-refractivity contribution in [3.05, 3.63) is 60.2 Å². The van der Waals surface area contributed by atoms with Crippen molar-refractivity contribution in [3.63, 3.8) is 0 Å². The third kappa shape index (κ3) is 2.72. The summed E-state index contributed by atoms with van der Waals surface area (Å²) in [6.45, 7) is 4.28. The minimum Gasteiger partial charge on any atom is -0.497 e. The van der Waals surface area contributed by atoms with Crippen LogP contribution in [0.25, 0.3) is 11.4 Å². The first-order valence-electron chi connectivity index (χ1n) is 7.35. The average Bonchev–Trinajstić information content (AvgIpc) is 2.69.